The number of amides is 1. The number of benzene rings is 1. The first-order valence-electron chi connectivity index (χ1n) is 14.8. The number of rotatable bonds is 6. The lowest BCUT2D eigenvalue weighted by atomic mass is 10.1. The molecule has 0 saturated carbocycles. The summed E-state index contributed by atoms with van der Waals surface area (Å²) in [6.07, 6.45) is 1.94. The van der Waals surface area contributed by atoms with Crippen molar-refractivity contribution in [2.75, 3.05) is 58.3 Å². The van der Waals surface area contributed by atoms with E-state index in [2.05, 4.69) is 26.2 Å². The monoisotopic (exact) mass is 652 g/mol. The molecule has 1 amide bonds. The van der Waals surface area contributed by atoms with Crippen LogP contribution in [-0.2, 0) is 9.47 Å². The summed E-state index contributed by atoms with van der Waals surface area (Å²) in [5.74, 6) is -0.568. The minimum Gasteiger partial charge on any atom is -0.469 e. The predicted molar refractivity (Wildman–Crippen MR) is 168 cm³/mol. The zero-order valence-corrected chi connectivity index (χ0v) is 26.9. The molecule has 6 rings (SSSR count). The predicted octanol–water partition coefficient (Wildman–Crippen LogP) is 4.73. The Kier molecular flexibility index (Phi) is 8.49. The maximum Gasteiger partial charge on any atom is 0.410 e. The molecule has 2 atom stereocenters. The highest BCUT2D eigenvalue weighted by atomic mass is 35.5. The molecule has 1 aromatic carbocycles. The number of anilines is 1. The van der Waals surface area contributed by atoms with E-state index in [0.717, 1.165) is 0 Å². The molecule has 46 heavy (non-hydrogen) atoms. The number of pyridine rings is 2. The molecule has 2 saturated heterocycles. The Balaban J connectivity index is 1.45. The van der Waals surface area contributed by atoms with E-state index in [1.165, 1.54) is 18.5 Å². The van der Waals surface area contributed by atoms with Crippen molar-refractivity contribution in [3.8, 4) is 23.6 Å². The van der Waals surface area contributed by atoms with Gasteiger partial charge < -0.3 is 28.7 Å². The van der Waals surface area contributed by atoms with Crippen molar-refractivity contribution < 1.29 is 28.1 Å². The van der Waals surface area contributed by atoms with Gasteiger partial charge in [-0.2, -0.15) is 10.4 Å². The van der Waals surface area contributed by atoms with Gasteiger partial charge in [-0.1, -0.05) is 11.6 Å². The molecular weight excluding hydrogens is 619 g/mol. The van der Waals surface area contributed by atoms with Gasteiger partial charge in [0.05, 0.1) is 22.8 Å². The number of hydrogen-bond donors (Lipinski definition) is 1. The molecule has 15 heteroatoms. The zero-order valence-electron chi connectivity index (χ0n) is 26.1. The number of halogens is 2. The Hall–Kier alpha value is -4.45. The lowest BCUT2D eigenvalue weighted by molar-refractivity contribution is 0.0240. The van der Waals surface area contributed by atoms with Gasteiger partial charge in [0.1, 0.15) is 45.8 Å². The third-order valence-corrected chi connectivity index (χ3v) is 8.28. The zero-order chi connectivity index (χ0) is 32.7. The van der Waals surface area contributed by atoms with Crippen LogP contribution in [0.15, 0.2) is 24.5 Å². The molecule has 13 nitrogen and oxygen atoms in total. The fraction of sp³-hybridized carbons (Fsp3) is 0.452. The van der Waals surface area contributed by atoms with E-state index < -0.39 is 23.6 Å². The number of carbonyl (C=O) groups is 1. The summed E-state index contributed by atoms with van der Waals surface area (Å²) in [6.45, 7) is 8.21. The normalized spacial score (nSPS) is 19.1. The average molecular weight is 653 g/mol. The molecule has 1 N–H and O–H groups in total. The first-order valence-corrected chi connectivity index (χ1v) is 15.2. The van der Waals surface area contributed by atoms with Crippen LogP contribution >= 0.6 is 11.6 Å². The van der Waals surface area contributed by atoms with E-state index in [1.807, 2.05) is 32.7 Å². The summed E-state index contributed by atoms with van der Waals surface area (Å²) < 4.78 is 38.7. The number of aromatic amines is 1. The molecule has 2 aliphatic rings. The minimum absolute atomic E-state index is 0.0171. The molecule has 0 radical (unpaired) electrons. The van der Waals surface area contributed by atoms with E-state index in [1.54, 1.807) is 18.1 Å². The third-order valence-electron chi connectivity index (χ3n) is 7.93. The number of nitrogens with one attached hydrogen (secondary N) is 1. The van der Waals surface area contributed by atoms with Gasteiger partial charge in [-0.25, -0.2) is 19.2 Å². The van der Waals surface area contributed by atoms with Gasteiger partial charge in [-0.3, -0.25) is 10.00 Å². The summed E-state index contributed by atoms with van der Waals surface area (Å²) in [5, 5.41) is 18.0. The second-order valence-electron chi connectivity index (χ2n) is 12.3. The number of H-pyrrole nitrogens is 1. The smallest absolute Gasteiger partial charge is 0.410 e. The summed E-state index contributed by atoms with van der Waals surface area (Å²) in [5.41, 5.74) is 0.817. The van der Waals surface area contributed by atoms with Crippen molar-refractivity contribution in [1.29, 1.82) is 5.26 Å². The number of methoxy groups -OCH3 is 1. The van der Waals surface area contributed by atoms with Crippen LogP contribution in [-0.4, -0.2) is 107 Å². The second kappa shape index (κ2) is 12.4. The highest BCUT2D eigenvalue weighted by Crippen LogP contribution is 2.43. The Morgan fingerprint density at radius 2 is 1.89 bits per heavy atom. The average Bonchev–Trinajstić information content (AvgIpc) is 3.63. The van der Waals surface area contributed by atoms with E-state index in [9.17, 15) is 14.4 Å². The van der Waals surface area contributed by atoms with Crippen molar-refractivity contribution in [2.24, 2.45) is 0 Å². The van der Waals surface area contributed by atoms with E-state index >= 15 is 0 Å². The lowest BCUT2D eigenvalue weighted by Gasteiger charge is -2.37. The second-order valence-corrected chi connectivity index (χ2v) is 12.7. The van der Waals surface area contributed by atoms with E-state index in [0.29, 0.717) is 61.2 Å². The Morgan fingerprint density at radius 1 is 1.15 bits per heavy atom. The van der Waals surface area contributed by atoms with Crippen LogP contribution in [0.3, 0.4) is 0 Å². The molecule has 3 aromatic heterocycles. The fourth-order valence-electron chi connectivity index (χ4n) is 5.76. The quantitative estimate of drug-likeness (QED) is 0.309. The van der Waals surface area contributed by atoms with Crippen LogP contribution in [0.2, 0.25) is 5.02 Å². The summed E-state index contributed by atoms with van der Waals surface area (Å²) >= 11 is 6.37. The summed E-state index contributed by atoms with van der Waals surface area (Å²) in [6, 6.07) is 5.28. The van der Waals surface area contributed by atoms with Gasteiger partial charge in [-0.05, 0) is 33.9 Å². The van der Waals surface area contributed by atoms with Crippen LogP contribution in [0, 0.1) is 17.1 Å². The van der Waals surface area contributed by atoms with Gasteiger partial charge in [0.2, 0.25) is 11.8 Å². The number of nitrogens with zero attached hydrogens (tertiary/aromatic N) is 7. The Bertz CT molecular complexity index is 1830. The number of piperazine rings is 1. The van der Waals surface area contributed by atoms with Crippen molar-refractivity contribution in [1.82, 2.24) is 30.0 Å². The van der Waals surface area contributed by atoms with Crippen LogP contribution in [0.1, 0.15) is 26.3 Å². The van der Waals surface area contributed by atoms with Gasteiger partial charge in [0, 0.05) is 64.0 Å². The molecule has 242 valence electrons. The summed E-state index contributed by atoms with van der Waals surface area (Å²) in [4.78, 5) is 27.7. The number of fused-ring (bicyclic) bond motifs is 2. The lowest BCUT2D eigenvalue weighted by Crippen LogP contribution is -2.50. The topological polar surface area (TPSA) is 142 Å². The Labute approximate surface area is 269 Å². The standard InChI is InChI=1S/C31H34ClFN8O5/c1-31(2,3)46-30(42)41-10-8-40(9-11-41)26-17-6-7-35-29(45-27-19-14-36-38-21(19)12-20(33)24(27)32)25(17)37-28(18(26)13-34)44-23-16-39(4)15-22(23)43-5/h6-7,12,14,22-23H,8-11,15-16H2,1-5H3,(H,36,38). The highest BCUT2D eigenvalue weighted by Gasteiger charge is 2.36. The molecule has 0 bridgehead atoms. The Morgan fingerprint density at radius 3 is 2.59 bits per heavy atom. The van der Waals surface area contributed by atoms with Gasteiger partial charge >= 0.3 is 6.09 Å². The number of carbonyl (C=O) groups excluding carboxylic acids is 1. The van der Waals surface area contributed by atoms with Crippen molar-refractivity contribution in [3.63, 3.8) is 0 Å². The van der Waals surface area contributed by atoms with Gasteiger partial charge in [0.25, 0.3) is 0 Å². The number of likely N-dealkylation sites (N-methyl/N-ethyl adjacent to an activating group) is 1. The molecule has 2 aliphatic heterocycles. The SMILES string of the molecule is COC1CN(C)CC1Oc1nc2c(Oc3c(Cl)c(F)cc4[nH]ncc34)nccc2c(N2CCN(C(=O)OC(C)(C)C)CC2)c1C#N. The number of ether oxygens (including phenoxy) is 4. The van der Waals surface area contributed by atoms with Crippen molar-refractivity contribution in [2.45, 2.75) is 38.6 Å². The van der Waals surface area contributed by atoms with Gasteiger partial charge in [0.15, 0.2) is 5.75 Å². The maximum absolute atomic E-state index is 14.8. The van der Waals surface area contributed by atoms with E-state index in [4.69, 9.17) is 35.5 Å². The molecule has 4 aromatic rings. The fourth-order valence-corrected chi connectivity index (χ4v) is 5.96. The first kappa shape index (κ1) is 31.5. The number of aromatic nitrogens is 4. The number of nitriles is 1. The molecular formula is C31H34ClFN8O5. The number of hydrogen-bond acceptors (Lipinski definition) is 11. The van der Waals surface area contributed by atoms with Crippen molar-refractivity contribution >= 4 is 45.2 Å². The van der Waals surface area contributed by atoms with Crippen LogP contribution in [0.4, 0.5) is 14.9 Å². The summed E-state index contributed by atoms with van der Waals surface area (Å²) in [7, 11) is 3.57. The molecule has 0 spiro atoms. The van der Waals surface area contributed by atoms with Crippen LogP contribution < -0.4 is 14.4 Å². The van der Waals surface area contributed by atoms with Crippen LogP contribution in [0.25, 0.3) is 21.8 Å². The maximum atomic E-state index is 14.8. The molecule has 2 fully saturated rings. The van der Waals surface area contributed by atoms with Gasteiger partial charge in [-0.15, -0.1) is 0 Å². The van der Waals surface area contributed by atoms with Crippen LogP contribution in [0.5, 0.6) is 17.5 Å². The minimum atomic E-state index is -0.697. The highest BCUT2D eigenvalue weighted by molar-refractivity contribution is 6.33. The molecule has 2 unspecified atom stereocenters. The first-order chi connectivity index (χ1) is 22.0. The van der Waals surface area contributed by atoms with E-state index in [-0.39, 0.29) is 39.7 Å². The molecule has 0 aliphatic carbocycles. The third kappa shape index (κ3) is 6.05. The van der Waals surface area contributed by atoms with Crippen molar-refractivity contribution in [3.05, 3.63) is 40.9 Å². The largest absolute Gasteiger partial charge is 0.469 e. The molecule has 5 heterocycles. The number of likely N-dealkylation sites (tertiary alicyclic amines) is 1.